The number of furan rings is 3. The largest absolute Gasteiger partial charge is 0.456 e. The minimum atomic E-state index is -0.883. The minimum absolute atomic E-state index is 0.0885. The molecule has 0 spiro atoms. The molecule has 7 nitrogen and oxygen atoms in total. The fraction of sp³-hybridized carbons (Fsp3) is 0. The first-order chi connectivity index (χ1) is 61.2. The predicted octanol–water partition coefficient (Wildman–Crippen LogP) is 26.0. The Labute approximate surface area is 654 Å². The average molecular weight is 1420 g/mol. The highest BCUT2D eigenvalue weighted by Crippen LogP contribution is 2.58. The number of fused-ring (bicyclic) bond motifs is 19. The van der Waals surface area contributed by atoms with Crippen molar-refractivity contribution >= 4 is 167 Å². The van der Waals surface area contributed by atoms with Crippen LogP contribution >= 0.6 is 0 Å². The summed E-state index contributed by atoms with van der Waals surface area (Å²) in [5.41, 5.74) is 17.3. The van der Waals surface area contributed by atoms with Gasteiger partial charge in [-0.05, 0) is 153 Å². The van der Waals surface area contributed by atoms with Crippen molar-refractivity contribution in [1.29, 1.82) is 0 Å². The van der Waals surface area contributed by atoms with Gasteiger partial charge >= 0.3 is 0 Å². The van der Waals surface area contributed by atoms with E-state index in [0.717, 1.165) is 77.1 Å². The number of benzene rings is 17. The van der Waals surface area contributed by atoms with Crippen molar-refractivity contribution in [2.24, 2.45) is 0 Å². The predicted molar refractivity (Wildman–Crippen MR) is 458 cm³/mol. The standard InChI is InChI=1S/C102H61BN4O3/c1-5-27-62(28-6-1)77-60-79(64-31-9-3-10-32-64)101-96(75-40-18-25-47-93(75)109-101)99(77)106-88-58-68(104-84-42-20-13-35-70(84)71-36-14-21-43-85(71)104)50-52-82(88)103-83-53-51-69(105-86-44-22-15-37-72(86)73-38-16-23-45-87(73)105)59-89(83)107(91-57-67(56-90(106)98(91)103)66-49-54-95-81(55-66)74-39-17-24-46-92(74)108-95)100-78(63-29-7-2-8-30-63)61-80(65-33-11-4-12-34-65)102-97(100)76-41-19-26-48-94(76)110-102/h1-61H/i13D,14D,15D,16D,20D,21D,22D,23D,35D,36D,37D,38D,42D,43D,44D,45D. The Morgan fingerprint density at radius 2 is 0.618 bits per heavy atom. The Morgan fingerprint density at radius 1 is 0.255 bits per heavy atom. The summed E-state index contributed by atoms with van der Waals surface area (Å²) < 4.78 is 178. The normalized spacial score (nSPS) is 14.7. The van der Waals surface area contributed by atoms with Crippen LogP contribution in [0.4, 0.5) is 34.1 Å². The molecule has 0 N–H and O–H groups in total. The molecule has 17 aromatic carbocycles. The average Bonchev–Trinajstić information content (AvgIpc) is 1.05. The molecule has 510 valence electrons. The van der Waals surface area contributed by atoms with E-state index in [-0.39, 0.29) is 55.0 Å². The zero-order valence-corrected chi connectivity index (χ0v) is 58.1. The van der Waals surface area contributed by atoms with Gasteiger partial charge in [0, 0.05) is 99.5 Å². The zero-order chi connectivity index (χ0) is 85.7. The van der Waals surface area contributed by atoms with Gasteiger partial charge in [0.05, 0.1) is 66.1 Å². The van der Waals surface area contributed by atoms with Crippen LogP contribution in [0.5, 0.6) is 0 Å². The van der Waals surface area contributed by atoms with Gasteiger partial charge < -0.3 is 32.2 Å². The summed E-state index contributed by atoms with van der Waals surface area (Å²) in [5, 5.41) is 4.22. The molecule has 110 heavy (non-hydrogen) atoms. The lowest BCUT2D eigenvalue weighted by molar-refractivity contribution is 0.669. The molecule has 0 saturated heterocycles. The van der Waals surface area contributed by atoms with Crippen molar-refractivity contribution in [3.8, 4) is 67.0 Å². The first kappa shape index (κ1) is 47.1. The number of rotatable bonds is 9. The first-order valence-corrected chi connectivity index (χ1v) is 36.4. The SMILES string of the molecule is [2H]c1c([2H])c([2H])c2c(c1[2H])c1c([2H])c([2H])c([2H])c([2H])c1n2-c1ccc2c(c1)N(c1c(-c3ccccc3)cc(-c3ccccc3)c3oc4ccccc4c13)c1cc(-c3ccc4oc5ccccc5c4c3)cc3c1B2c1ccc(-n2c4c([2H])c([2H])c([2H])c([2H])c4c4c([2H])c([2H])c([2H])c([2H])c42)cc1N3c1c(-c2ccccc2)cc(-c2ccccc2)c2oc3ccccc3c12. The van der Waals surface area contributed by atoms with Gasteiger partial charge in [-0.1, -0.05) is 267 Å². The van der Waals surface area contributed by atoms with E-state index in [4.69, 9.17) is 13.3 Å². The van der Waals surface area contributed by atoms with Gasteiger partial charge in [-0.15, -0.1) is 0 Å². The molecule has 0 bridgehead atoms. The maximum Gasteiger partial charge on any atom is 0.252 e. The molecular weight excluding hydrogens is 1340 g/mol. The fourth-order valence-corrected chi connectivity index (χ4v) is 17.7. The van der Waals surface area contributed by atoms with E-state index in [0.29, 0.717) is 94.9 Å². The summed E-state index contributed by atoms with van der Waals surface area (Å²) in [5.74, 6) is 0. The van der Waals surface area contributed by atoms with E-state index in [2.05, 4.69) is 101 Å². The van der Waals surface area contributed by atoms with E-state index in [1.807, 2.05) is 182 Å². The Hall–Kier alpha value is -14.6. The van der Waals surface area contributed by atoms with E-state index in [1.54, 1.807) is 9.13 Å². The molecule has 5 aromatic heterocycles. The van der Waals surface area contributed by atoms with Gasteiger partial charge in [0.2, 0.25) is 0 Å². The van der Waals surface area contributed by atoms with Crippen LogP contribution in [0, 0.1) is 0 Å². The fourth-order valence-electron chi connectivity index (χ4n) is 17.7. The summed E-state index contributed by atoms with van der Waals surface area (Å²) in [7, 11) is 0. The third-order valence-corrected chi connectivity index (χ3v) is 22.4. The van der Waals surface area contributed by atoms with E-state index in [1.165, 1.54) is 0 Å². The number of aromatic nitrogens is 2. The van der Waals surface area contributed by atoms with Crippen LogP contribution in [-0.4, -0.2) is 15.8 Å². The highest BCUT2D eigenvalue weighted by Gasteiger charge is 2.47. The highest BCUT2D eigenvalue weighted by atomic mass is 16.3. The smallest absolute Gasteiger partial charge is 0.252 e. The minimum Gasteiger partial charge on any atom is -0.456 e. The van der Waals surface area contributed by atoms with E-state index >= 15 is 0 Å². The van der Waals surface area contributed by atoms with Crippen molar-refractivity contribution in [2.45, 2.75) is 0 Å². The van der Waals surface area contributed by atoms with Crippen LogP contribution in [0.1, 0.15) is 21.9 Å². The molecule has 0 atom stereocenters. The number of nitrogens with zero attached hydrogens (tertiary/aromatic N) is 4. The van der Waals surface area contributed by atoms with Gasteiger partial charge in [-0.25, -0.2) is 0 Å². The maximum absolute atomic E-state index is 9.98. The van der Waals surface area contributed by atoms with Gasteiger partial charge in [0.25, 0.3) is 6.71 Å². The highest BCUT2D eigenvalue weighted by molar-refractivity contribution is 7.00. The Kier molecular flexibility index (Phi) is 10.0. The summed E-state index contributed by atoms with van der Waals surface area (Å²) >= 11 is 0. The third-order valence-electron chi connectivity index (χ3n) is 22.4. The molecule has 0 aliphatic carbocycles. The number of hydrogen-bond donors (Lipinski definition) is 0. The Balaban J connectivity index is 0.935. The molecule has 8 heteroatoms. The summed E-state index contributed by atoms with van der Waals surface area (Å²) in [6.45, 7) is -0.883. The quantitative estimate of drug-likeness (QED) is 0.135. The second-order valence-electron chi connectivity index (χ2n) is 28.1. The van der Waals surface area contributed by atoms with E-state index in [9.17, 15) is 21.9 Å². The van der Waals surface area contributed by atoms with E-state index < -0.39 is 103 Å². The zero-order valence-electron chi connectivity index (χ0n) is 74.1. The van der Waals surface area contributed by atoms with Crippen LogP contribution in [0.15, 0.2) is 383 Å². The van der Waals surface area contributed by atoms with Gasteiger partial charge in [0.15, 0.2) is 0 Å². The van der Waals surface area contributed by atoms with Crippen LogP contribution in [0.2, 0.25) is 0 Å². The lowest BCUT2D eigenvalue weighted by atomic mass is 9.33. The monoisotopic (exact) mass is 1420 g/mol. The first-order valence-electron chi connectivity index (χ1n) is 44.4. The topological polar surface area (TPSA) is 55.8 Å². The molecule has 22 aromatic rings. The Morgan fingerprint density at radius 3 is 1.05 bits per heavy atom. The molecule has 0 radical (unpaired) electrons. The van der Waals surface area contributed by atoms with Crippen LogP contribution < -0.4 is 26.2 Å². The third kappa shape index (κ3) is 8.78. The van der Waals surface area contributed by atoms with Crippen LogP contribution in [-0.2, 0) is 0 Å². The number of para-hydroxylation sites is 7. The molecule has 2 aliphatic rings. The second kappa shape index (κ2) is 23.5. The van der Waals surface area contributed by atoms with Crippen molar-refractivity contribution in [3.05, 3.63) is 370 Å². The van der Waals surface area contributed by atoms with Gasteiger partial charge in [-0.3, -0.25) is 0 Å². The second-order valence-corrected chi connectivity index (χ2v) is 28.1. The molecule has 24 rings (SSSR count). The lowest BCUT2D eigenvalue weighted by Gasteiger charge is -2.45. The van der Waals surface area contributed by atoms with Crippen molar-refractivity contribution < 1.29 is 35.2 Å². The molecule has 0 amide bonds. The number of hydrogen-bond acceptors (Lipinski definition) is 5. The Bertz CT molecular complexity index is 8060. The summed E-state index contributed by atoms with van der Waals surface area (Å²) in [6.07, 6.45) is 0. The molecule has 0 saturated carbocycles. The molecule has 0 unspecified atom stereocenters. The van der Waals surface area contributed by atoms with Crippen molar-refractivity contribution in [2.75, 3.05) is 9.80 Å². The maximum atomic E-state index is 9.98. The van der Waals surface area contributed by atoms with Gasteiger partial charge in [-0.2, -0.15) is 0 Å². The summed E-state index contributed by atoms with van der Waals surface area (Å²) in [4.78, 5) is 4.55. The van der Waals surface area contributed by atoms with Crippen molar-refractivity contribution in [1.82, 2.24) is 9.13 Å². The summed E-state index contributed by atoms with van der Waals surface area (Å²) in [6, 6.07) is 82.1. The van der Waals surface area contributed by atoms with Crippen molar-refractivity contribution in [3.63, 3.8) is 0 Å². The van der Waals surface area contributed by atoms with Crippen LogP contribution in [0.25, 0.3) is 176 Å². The number of anilines is 6. The van der Waals surface area contributed by atoms with Crippen LogP contribution in [0.3, 0.4) is 0 Å². The molecule has 2 aliphatic heterocycles. The molecule has 0 fully saturated rings. The molecule has 7 heterocycles. The lowest BCUT2D eigenvalue weighted by Crippen LogP contribution is -2.61. The molecular formula is C102H61BN4O3. The van der Waals surface area contributed by atoms with Gasteiger partial charge in [0.1, 0.15) is 33.5 Å².